The summed E-state index contributed by atoms with van der Waals surface area (Å²) in [6.45, 7) is 3.07. The summed E-state index contributed by atoms with van der Waals surface area (Å²) < 4.78 is 10.5. The van der Waals surface area contributed by atoms with E-state index >= 15 is 0 Å². The van der Waals surface area contributed by atoms with Crippen LogP contribution >= 0.6 is 11.3 Å². The van der Waals surface area contributed by atoms with E-state index in [1.54, 1.807) is 18.4 Å². The zero-order chi connectivity index (χ0) is 19.3. The number of anilines is 1. The molecule has 1 saturated heterocycles. The fourth-order valence-corrected chi connectivity index (χ4v) is 3.88. The van der Waals surface area contributed by atoms with Crippen molar-refractivity contribution in [2.24, 2.45) is 0 Å². The number of aromatic nitrogens is 2. The Morgan fingerprint density at radius 2 is 1.96 bits per heavy atom. The van der Waals surface area contributed by atoms with Gasteiger partial charge >= 0.3 is 0 Å². The van der Waals surface area contributed by atoms with E-state index in [4.69, 9.17) is 9.26 Å². The topological polar surface area (TPSA) is 71.7 Å². The number of hydrogen-bond acceptors (Lipinski definition) is 7. The lowest BCUT2D eigenvalue weighted by atomic mass is 10.2. The molecule has 8 heteroatoms. The number of ether oxygens (including phenoxy) is 1. The van der Waals surface area contributed by atoms with Gasteiger partial charge in [0.25, 0.3) is 0 Å². The molecule has 0 unspecified atom stereocenters. The van der Waals surface area contributed by atoms with Gasteiger partial charge in [-0.05, 0) is 35.7 Å². The van der Waals surface area contributed by atoms with E-state index in [1.165, 1.54) is 0 Å². The van der Waals surface area contributed by atoms with Crippen LogP contribution in [-0.4, -0.2) is 54.2 Å². The Labute approximate surface area is 167 Å². The van der Waals surface area contributed by atoms with Crippen molar-refractivity contribution >= 4 is 22.9 Å². The second-order valence-corrected chi connectivity index (χ2v) is 7.37. The Hall–Kier alpha value is -2.87. The van der Waals surface area contributed by atoms with Gasteiger partial charge in [-0.2, -0.15) is 16.3 Å². The van der Waals surface area contributed by atoms with Crippen LogP contribution in [0.2, 0.25) is 0 Å². The molecule has 1 aromatic carbocycles. The Balaban J connectivity index is 1.26. The minimum atomic E-state index is 0.129. The highest BCUT2D eigenvalue weighted by atomic mass is 32.1. The Morgan fingerprint density at radius 1 is 1.18 bits per heavy atom. The maximum atomic E-state index is 12.5. The van der Waals surface area contributed by atoms with Crippen molar-refractivity contribution in [2.45, 2.75) is 12.8 Å². The molecule has 28 heavy (non-hydrogen) atoms. The first-order chi connectivity index (χ1) is 13.7. The van der Waals surface area contributed by atoms with Crippen molar-refractivity contribution in [2.75, 3.05) is 38.2 Å². The molecule has 0 radical (unpaired) electrons. The molecule has 0 N–H and O–H groups in total. The Morgan fingerprint density at radius 3 is 2.64 bits per heavy atom. The van der Waals surface area contributed by atoms with Crippen LogP contribution in [0.15, 0.2) is 45.6 Å². The summed E-state index contributed by atoms with van der Waals surface area (Å²) in [5.41, 5.74) is 2.10. The number of amides is 1. The molecule has 1 fully saturated rings. The molecule has 1 aliphatic rings. The van der Waals surface area contributed by atoms with Gasteiger partial charge in [0.2, 0.25) is 17.6 Å². The summed E-state index contributed by atoms with van der Waals surface area (Å²) in [4.78, 5) is 21.1. The molecule has 3 heterocycles. The van der Waals surface area contributed by atoms with Gasteiger partial charge in [0.05, 0.1) is 7.11 Å². The minimum absolute atomic E-state index is 0.129. The number of carbonyl (C=O) groups excluding carboxylic acids is 1. The van der Waals surface area contributed by atoms with Gasteiger partial charge in [0, 0.05) is 55.7 Å². The van der Waals surface area contributed by atoms with Gasteiger partial charge in [0.1, 0.15) is 5.75 Å². The molecule has 0 saturated carbocycles. The number of benzene rings is 1. The predicted octanol–water partition coefficient (Wildman–Crippen LogP) is 3.09. The molecule has 0 atom stereocenters. The Kier molecular flexibility index (Phi) is 5.57. The monoisotopic (exact) mass is 398 g/mol. The SMILES string of the molecule is COc1ccc(N2CCN(C(=O)CCc3nc(-c4ccsc4)no3)CC2)cc1. The Bertz CT molecular complexity index is 900. The van der Waals surface area contributed by atoms with Crippen LogP contribution in [0.4, 0.5) is 5.69 Å². The predicted molar refractivity (Wildman–Crippen MR) is 108 cm³/mol. The first-order valence-corrected chi connectivity index (χ1v) is 10.2. The molecule has 2 aromatic heterocycles. The standard InChI is InChI=1S/C20H22N4O3S/c1-26-17-4-2-16(3-5-17)23-9-11-24(12-10-23)19(25)7-6-18-21-20(22-27-18)15-8-13-28-14-15/h2-5,8,13-14H,6-7,9-12H2,1H3. The van der Waals surface area contributed by atoms with Crippen LogP contribution in [0.1, 0.15) is 12.3 Å². The van der Waals surface area contributed by atoms with Crippen molar-refractivity contribution in [3.63, 3.8) is 0 Å². The summed E-state index contributed by atoms with van der Waals surface area (Å²) in [6, 6.07) is 9.98. The lowest BCUT2D eigenvalue weighted by Crippen LogP contribution is -2.48. The molecular formula is C20H22N4O3S. The largest absolute Gasteiger partial charge is 0.497 e. The number of rotatable bonds is 6. The van der Waals surface area contributed by atoms with Gasteiger partial charge in [0.15, 0.2) is 0 Å². The molecule has 7 nitrogen and oxygen atoms in total. The molecule has 1 aliphatic heterocycles. The van der Waals surface area contributed by atoms with Crippen LogP contribution in [0.3, 0.4) is 0 Å². The van der Waals surface area contributed by atoms with Crippen molar-refractivity contribution in [3.05, 3.63) is 47.0 Å². The van der Waals surface area contributed by atoms with Crippen LogP contribution in [0.25, 0.3) is 11.4 Å². The number of nitrogens with zero attached hydrogens (tertiary/aromatic N) is 4. The first kappa shape index (κ1) is 18.5. The summed E-state index contributed by atoms with van der Waals surface area (Å²) in [6.07, 6.45) is 0.850. The fourth-order valence-electron chi connectivity index (χ4n) is 3.24. The van der Waals surface area contributed by atoms with Crippen LogP contribution in [-0.2, 0) is 11.2 Å². The number of piperazine rings is 1. The van der Waals surface area contributed by atoms with E-state index in [-0.39, 0.29) is 5.91 Å². The van der Waals surface area contributed by atoms with E-state index in [0.29, 0.717) is 24.6 Å². The molecule has 0 spiro atoms. The highest BCUT2D eigenvalue weighted by Gasteiger charge is 2.22. The normalized spacial score (nSPS) is 14.3. The van der Waals surface area contributed by atoms with Crippen LogP contribution in [0, 0.1) is 0 Å². The lowest BCUT2D eigenvalue weighted by molar-refractivity contribution is -0.131. The van der Waals surface area contributed by atoms with Gasteiger partial charge in [-0.3, -0.25) is 4.79 Å². The maximum absolute atomic E-state index is 12.5. The van der Waals surface area contributed by atoms with Crippen LogP contribution in [0.5, 0.6) is 5.75 Å². The second kappa shape index (κ2) is 8.43. The second-order valence-electron chi connectivity index (χ2n) is 6.59. The van der Waals surface area contributed by atoms with E-state index in [0.717, 1.165) is 43.2 Å². The van der Waals surface area contributed by atoms with Gasteiger partial charge in [-0.1, -0.05) is 5.16 Å². The van der Waals surface area contributed by atoms with Gasteiger partial charge < -0.3 is 19.1 Å². The summed E-state index contributed by atoms with van der Waals surface area (Å²) in [7, 11) is 1.66. The quantitative estimate of drug-likeness (QED) is 0.635. The van der Waals surface area contributed by atoms with Gasteiger partial charge in [-0.15, -0.1) is 0 Å². The number of methoxy groups -OCH3 is 1. The maximum Gasteiger partial charge on any atom is 0.227 e. The van der Waals surface area contributed by atoms with Crippen LogP contribution < -0.4 is 9.64 Å². The summed E-state index contributed by atoms with van der Waals surface area (Å²) >= 11 is 1.59. The first-order valence-electron chi connectivity index (χ1n) is 9.25. The summed E-state index contributed by atoms with van der Waals surface area (Å²) in [5.74, 6) is 2.06. The average molecular weight is 398 g/mol. The van der Waals surface area contributed by atoms with Crippen molar-refractivity contribution in [3.8, 4) is 17.1 Å². The summed E-state index contributed by atoms with van der Waals surface area (Å²) in [5, 5.41) is 7.93. The van der Waals surface area contributed by atoms with E-state index in [9.17, 15) is 4.79 Å². The molecule has 146 valence electrons. The molecular weight excluding hydrogens is 376 g/mol. The van der Waals surface area contributed by atoms with Crippen molar-refractivity contribution in [1.29, 1.82) is 0 Å². The third kappa shape index (κ3) is 4.17. The minimum Gasteiger partial charge on any atom is -0.497 e. The number of carbonyl (C=O) groups is 1. The fraction of sp³-hybridized carbons (Fsp3) is 0.350. The average Bonchev–Trinajstić information content (AvgIpc) is 3.44. The number of hydrogen-bond donors (Lipinski definition) is 0. The van der Waals surface area contributed by atoms with Crippen molar-refractivity contribution < 1.29 is 14.1 Å². The zero-order valence-corrected chi connectivity index (χ0v) is 16.5. The smallest absolute Gasteiger partial charge is 0.227 e. The number of aryl methyl sites for hydroxylation is 1. The third-order valence-electron chi connectivity index (χ3n) is 4.87. The van der Waals surface area contributed by atoms with Crippen molar-refractivity contribution in [1.82, 2.24) is 15.0 Å². The molecule has 3 aromatic rings. The third-order valence-corrected chi connectivity index (χ3v) is 5.55. The molecule has 0 bridgehead atoms. The lowest BCUT2D eigenvalue weighted by Gasteiger charge is -2.36. The van der Waals surface area contributed by atoms with E-state index in [1.807, 2.05) is 33.9 Å². The highest BCUT2D eigenvalue weighted by Crippen LogP contribution is 2.21. The molecule has 1 amide bonds. The molecule has 4 rings (SSSR count). The van der Waals surface area contributed by atoms with E-state index < -0.39 is 0 Å². The van der Waals surface area contributed by atoms with Gasteiger partial charge in [-0.25, -0.2) is 0 Å². The zero-order valence-electron chi connectivity index (χ0n) is 15.7. The van der Waals surface area contributed by atoms with E-state index in [2.05, 4.69) is 27.2 Å². The highest BCUT2D eigenvalue weighted by molar-refractivity contribution is 7.08. The number of thiophene rings is 1. The molecule has 0 aliphatic carbocycles.